The molecule has 1 unspecified atom stereocenters. The molecule has 112 valence electrons. The van der Waals surface area contributed by atoms with Gasteiger partial charge in [0.05, 0.1) is 24.1 Å². The fourth-order valence-electron chi connectivity index (χ4n) is 2.85. The standard InChI is InChI=1S/C16H20N2O3/c1-12-13(6-10-20-12)16(19)17-11-14(15-5-4-9-21-15)18-7-2-3-8-18/h4-6,9-10,14H,2-3,7-8,11H2,1H3,(H,17,19). The number of aryl methyl sites for hydroxylation is 1. The summed E-state index contributed by atoms with van der Waals surface area (Å²) in [6, 6.07) is 5.65. The lowest BCUT2D eigenvalue weighted by Gasteiger charge is -2.25. The number of nitrogens with one attached hydrogen (secondary N) is 1. The fourth-order valence-corrected chi connectivity index (χ4v) is 2.85. The van der Waals surface area contributed by atoms with Gasteiger partial charge in [-0.3, -0.25) is 9.69 Å². The monoisotopic (exact) mass is 288 g/mol. The molecule has 0 bridgehead atoms. The fraction of sp³-hybridized carbons (Fsp3) is 0.438. The van der Waals surface area contributed by atoms with Crippen LogP contribution in [-0.4, -0.2) is 30.4 Å². The molecule has 1 fully saturated rings. The Morgan fingerprint density at radius 2 is 2.10 bits per heavy atom. The molecule has 3 heterocycles. The van der Waals surface area contributed by atoms with Gasteiger partial charge < -0.3 is 14.2 Å². The van der Waals surface area contributed by atoms with Gasteiger partial charge in [-0.05, 0) is 51.1 Å². The number of furan rings is 2. The lowest BCUT2D eigenvalue weighted by Crippen LogP contribution is -2.36. The highest BCUT2D eigenvalue weighted by atomic mass is 16.3. The van der Waals surface area contributed by atoms with Crippen LogP contribution in [0.15, 0.2) is 39.6 Å². The zero-order valence-corrected chi connectivity index (χ0v) is 12.2. The third-order valence-electron chi connectivity index (χ3n) is 4.01. The molecular formula is C16H20N2O3. The van der Waals surface area contributed by atoms with Crippen LogP contribution in [0.3, 0.4) is 0 Å². The van der Waals surface area contributed by atoms with E-state index in [4.69, 9.17) is 8.83 Å². The molecule has 0 saturated carbocycles. The van der Waals surface area contributed by atoms with Gasteiger partial charge in [-0.1, -0.05) is 0 Å². The van der Waals surface area contributed by atoms with Gasteiger partial charge >= 0.3 is 0 Å². The predicted molar refractivity (Wildman–Crippen MR) is 78.0 cm³/mol. The Morgan fingerprint density at radius 1 is 1.29 bits per heavy atom. The van der Waals surface area contributed by atoms with E-state index in [-0.39, 0.29) is 11.9 Å². The first-order valence-electron chi connectivity index (χ1n) is 7.35. The Labute approximate surface area is 123 Å². The topological polar surface area (TPSA) is 58.6 Å². The third-order valence-corrected chi connectivity index (χ3v) is 4.01. The summed E-state index contributed by atoms with van der Waals surface area (Å²) >= 11 is 0. The molecule has 0 radical (unpaired) electrons. The second-order valence-electron chi connectivity index (χ2n) is 5.37. The Balaban J connectivity index is 1.67. The van der Waals surface area contributed by atoms with E-state index in [9.17, 15) is 4.79 Å². The first kappa shape index (κ1) is 13.9. The number of carbonyl (C=O) groups is 1. The molecule has 1 aliphatic heterocycles. The van der Waals surface area contributed by atoms with Crippen LogP contribution >= 0.6 is 0 Å². The van der Waals surface area contributed by atoms with Crippen LogP contribution in [0.2, 0.25) is 0 Å². The molecule has 3 rings (SSSR count). The minimum atomic E-state index is -0.1000. The average Bonchev–Trinajstić information content (AvgIpc) is 3.21. The molecule has 5 heteroatoms. The zero-order chi connectivity index (χ0) is 14.7. The van der Waals surface area contributed by atoms with Crippen molar-refractivity contribution in [3.63, 3.8) is 0 Å². The highest BCUT2D eigenvalue weighted by molar-refractivity contribution is 5.95. The van der Waals surface area contributed by atoms with Crippen molar-refractivity contribution in [1.82, 2.24) is 10.2 Å². The number of hydrogen-bond donors (Lipinski definition) is 1. The number of carbonyl (C=O) groups excluding carboxylic acids is 1. The van der Waals surface area contributed by atoms with E-state index in [0.717, 1.165) is 18.8 Å². The molecule has 1 atom stereocenters. The highest BCUT2D eigenvalue weighted by Gasteiger charge is 2.26. The number of hydrogen-bond acceptors (Lipinski definition) is 4. The van der Waals surface area contributed by atoms with Crippen LogP contribution in [0.25, 0.3) is 0 Å². The van der Waals surface area contributed by atoms with Crippen LogP contribution < -0.4 is 5.32 Å². The molecule has 1 aliphatic rings. The van der Waals surface area contributed by atoms with Crippen molar-refractivity contribution >= 4 is 5.91 Å². The molecule has 1 N–H and O–H groups in total. The maximum absolute atomic E-state index is 12.2. The number of amides is 1. The van der Waals surface area contributed by atoms with Crippen LogP contribution in [0, 0.1) is 6.92 Å². The van der Waals surface area contributed by atoms with Crippen molar-refractivity contribution in [2.75, 3.05) is 19.6 Å². The predicted octanol–water partition coefficient (Wildman–Crippen LogP) is 2.75. The molecule has 2 aromatic heterocycles. The molecule has 21 heavy (non-hydrogen) atoms. The molecule has 0 aromatic carbocycles. The smallest absolute Gasteiger partial charge is 0.254 e. The molecule has 2 aromatic rings. The zero-order valence-electron chi connectivity index (χ0n) is 12.2. The van der Waals surface area contributed by atoms with E-state index < -0.39 is 0 Å². The minimum Gasteiger partial charge on any atom is -0.469 e. The summed E-state index contributed by atoms with van der Waals surface area (Å²) in [5, 5.41) is 2.99. The van der Waals surface area contributed by atoms with E-state index in [0.29, 0.717) is 17.9 Å². The first-order chi connectivity index (χ1) is 10.3. The van der Waals surface area contributed by atoms with Crippen LogP contribution in [0.1, 0.15) is 40.8 Å². The molecule has 1 amide bonds. The van der Waals surface area contributed by atoms with E-state index in [1.807, 2.05) is 12.1 Å². The van der Waals surface area contributed by atoms with Crippen molar-refractivity contribution < 1.29 is 13.6 Å². The summed E-state index contributed by atoms with van der Waals surface area (Å²) in [4.78, 5) is 14.6. The maximum Gasteiger partial charge on any atom is 0.254 e. The van der Waals surface area contributed by atoms with Crippen molar-refractivity contribution in [1.29, 1.82) is 0 Å². The van der Waals surface area contributed by atoms with Crippen molar-refractivity contribution in [2.24, 2.45) is 0 Å². The summed E-state index contributed by atoms with van der Waals surface area (Å²) in [5.74, 6) is 1.45. The normalized spacial score (nSPS) is 17.0. The third kappa shape index (κ3) is 3.03. The highest BCUT2D eigenvalue weighted by Crippen LogP contribution is 2.25. The minimum absolute atomic E-state index is 0.0960. The van der Waals surface area contributed by atoms with Gasteiger partial charge in [-0.15, -0.1) is 0 Å². The average molecular weight is 288 g/mol. The SMILES string of the molecule is Cc1occc1C(=O)NCC(c1ccco1)N1CCCC1. The lowest BCUT2D eigenvalue weighted by atomic mass is 10.2. The second-order valence-corrected chi connectivity index (χ2v) is 5.37. The molecule has 0 spiro atoms. The molecular weight excluding hydrogens is 268 g/mol. The van der Waals surface area contributed by atoms with E-state index in [1.54, 1.807) is 19.3 Å². The summed E-state index contributed by atoms with van der Waals surface area (Å²) in [7, 11) is 0. The quantitative estimate of drug-likeness (QED) is 0.919. The summed E-state index contributed by atoms with van der Waals surface area (Å²) in [6.45, 7) is 4.42. The Bertz CT molecular complexity index is 582. The maximum atomic E-state index is 12.2. The Kier molecular flexibility index (Phi) is 4.10. The van der Waals surface area contributed by atoms with Gasteiger partial charge in [0.15, 0.2) is 0 Å². The summed E-state index contributed by atoms with van der Waals surface area (Å²) < 4.78 is 10.7. The van der Waals surface area contributed by atoms with Gasteiger partial charge in [0.25, 0.3) is 5.91 Å². The Morgan fingerprint density at radius 3 is 2.71 bits per heavy atom. The van der Waals surface area contributed by atoms with Crippen LogP contribution in [0.5, 0.6) is 0 Å². The van der Waals surface area contributed by atoms with Gasteiger partial charge in [0.2, 0.25) is 0 Å². The van der Waals surface area contributed by atoms with Crippen molar-refractivity contribution in [3.05, 3.63) is 47.8 Å². The van der Waals surface area contributed by atoms with Crippen LogP contribution in [0.4, 0.5) is 0 Å². The largest absolute Gasteiger partial charge is 0.469 e. The number of nitrogens with zero attached hydrogens (tertiary/aromatic N) is 1. The number of rotatable bonds is 5. The van der Waals surface area contributed by atoms with Crippen molar-refractivity contribution in [3.8, 4) is 0 Å². The molecule has 5 nitrogen and oxygen atoms in total. The summed E-state index contributed by atoms with van der Waals surface area (Å²) in [6.07, 6.45) is 5.62. The molecule has 1 saturated heterocycles. The van der Waals surface area contributed by atoms with Gasteiger partial charge in [-0.2, -0.15) is 0 Å². The van der Waals surface area contributed by atoms with Crippen LogP contribution in [-0.2, 0) is 0 Å². The lowest BCUT2D eigenvalue weighted by molar-refractivity contribution is 0.0932. The first-order valence-corrected chi connectivity index (χ1v) is 7.35. The van der Waals surface area contributed by atoms with Crippen molar-refractivity contribution in [2.45, 2.75) is 25.8 Å². The van der Waals surface area contributed by atoms with E-state index >= 15 is 0 Å². The Hall–Kier alpha value is -2.01. The van der Waals surface area contributed by atoms with Gasteiger partial charge in [-0.25, -0.2) is 0 Å². The molecule has 0 aliphatic carbocycles. The van der Waals surface area contributed by atoms with Gasteiger partial charge in [0.1, 0.15) is 11.5 Å². The van der Waals surface area contributed by atoms with E-state index in [1.165, 1.54) is 19.1 Å². The number of likely N-dealkylation sites (tertiary alicyclic amines) is 1. The summed E-state index contributed by atoms with van der Waals surface area (Å²) in [5.41, 5.74) is 0.592. The van der Waals surface area contributed by atoms with E-state index in [2.05, 4.69) is 10.2 Å². The van der Waals surface area contributed by atoms with Gasteiger partial charge in [0, 0.05) is 6.54 Å². The second kappa shape index (κ2) is 6.18.